The number of hydrogen-bond donors (Lipinski definition) is 1. The molecule has 0 radical (unpaired) electrons. The van der Waals surface area contributed by atoms with Crippen LogP contribution < -0.4 is 10.1 Å². The van der Waals surface area contributed by atoms with Crippen LogP contribution in [0.1, 0.15) is 44.7 Å². The molecule has 0 aromatic heterocycles. The molecule has 116 valence electrons. The zero-order chi connectivity index (χ0) is 15.0. The Kier molecular flexibility index (Phi) is 4.33. The number of fused-ring (bicyclic) bond motifs is 1. The summed E-state index contributed by atoms with van der Waals surface area (Å²) in [5, 5.41) is 3.71. The third-order valence-corrected chi connectivity index (χ3v) is 5.20. The van der Waals surface area contributed by atoms with E-state index >= 15 is 0 Å². The molecule has 1 saturated carbocycles. The van der Waals surface area contributed by atoms with Gasteiger partial charge in [-0.3, -0.25) is 0 Å². The summed E-state index contributed by atoms with van der Waals surface area (Å²) in [7, 11) is 0. The van der Waals surface area contributed by atoms with E-state index in [1.54, 1.807) is 0 Å². The van der Waals surface area contributed by atoms with Crippen LogP contribution in [0.3, 0.4) is 0 Å². The molecule has 0 bridgehead atoms. The maximum atomic E-state index is 5.89. The van der Waals surface area contributed by atoms with Crippen LogP contribution in [0.5, 0.6) is 5.75 Å². The van der Waals surface area contributed by atoms with Gasteiger partial charge >= 0.3 is 0 Å². The standard InChI is InChI=1S/C18H26BrNO/c1-18(2,3)14(11-20-16-4-5-16)8-13-10-15(19)9-12-6-7-21-17(12)13/h9-10,14,16,20H,4-8,11H2,1-3H3. The van der Waals surface area contributed by atoms with Crippen LogP contribution in [0.25, 0.3) is 0 Å². The Morgan fingerprint density at radius 1 is 1.33 bits per heavy atom. The lowest BCUT2D eigenvalue weighted by Gasteiger charge is -2.31. The van der Waals surface area contributed by atoms with Crippen molar-refractivity contribution in [2.75, 3.05) is 13.2 Å². The van der Waals surface area contributed by atoms with Gasteiger partial charge in [-0.1, -0.05) is 36.7 Å². The first-order valence-corrected chi connectivity index (χ1v) is 8.90. The second-order valence-corrected chi connectivity index (χ2v) is 8.52. The highest BCUT2D eigenvalue weighted by Crippen LogP contribution is 2.37. The van der Waals surface area contributed by atoms with Crippen molar-refractivity contribution in [3.63, 3.8) is 0 Å². The Hall–Kier alpha value is -0.540. The fourth-order valence-corrected chi connectivity index (χ4v) is 3.60. The quantitative estimate of drug-likeness (QED) is 0.851. The SMILES string of the molecule is CC(C)(C)C(CNC1CC1)Cc1cc(Br)cc2c1OCC2. The molecule has 2 aliphatic rings. The predicted octanol–water partition coefficient (Wildman–Crippen LogP) is 4.34. The zero-order valence-electron chi connectivity index (χ0n) is 13.3. The molecule has 0 spiro atoms. The molecule has 0 saturated heterocycles. The van der Waals surface area contributed by atoms with E-state index < -0.39 is 0 Å². The van der Waals surface area contributed by atoms with E-state index in [1.807, 2.05) is 0 Å². The van der Waals surface area contributed by atoms with E-state index in [0.29, 0.717) is 11.3 Å². The second-order valence-electron chi connectivity index (χ2n) is 7.60. The summed E-state index contributed by atoms with van der Waals surface area (Å²) < 4.78 is 7.08. The van der Waals surface area contributed by atoms with Crippen LogP contribution in [-0.4, -0.2) is 19.2 Å². The number of benzene rings is 1. The van der Waals surface area contributed by atoms with Crippen LogP contribution in [0.2, 0.25) is 0 Å². The molecule has 3 heteroatoms. The Labute approximate surface area is 136 Å². The van der Waals surface area contributed by atoms with Gasteiger partial charge in [-0.25, -0.2) is 0 Å². The lowest BCUT2D eigenvalue weighted by atomic mass is 9.77. The van der Waals surface area contributed by atoms with Crippen LogP contribution in [0, 0.1) is 11.3 Å². The molecule has 1 unspecified atom stereocenters. The van der Waals surface area contributed by atoms with Gasteiger partial charge in [0.2, 0.25) is 0 Å². The largest absolute Gasteiger partial charge is 0.493 e. The fraction of sp³-hybridized carbons (Fsp3) is 0.667. The lowest BCUT2D eigenvalue weighted by molar-refractivity contribution is 0.228. The van der Waals surface area contributed by atoms with Crippen molar-refractivity contribution in [1.29, 1.82) is 0 Å². The minimum atomic E-state index is 0.301. The van der Waals surface area contributed by atoms with E-state index in [-0.39, 0.29) is 0 Å². The molecule has 1 aromatic carbocycles. The van der Waals surface area contributed by atoms with Gasteiger partial charge in [0, 0.05) is 16.9 Å². The monoisotopic (exact) mass is 351 g/mol. The van der Waals surface area contributed by atoms with Crippen molar-refractivity contribution in [2.24, 2.45) is 11.3 Å². The molecule has 21 heavy (non-hydrogen) atoms. The lowest BCUT2D eigenvalue weighted by Crippen LogP contribution is -2.34. The van der Waals surface area contributed by atoms with E-state index in [9.17, 15) is 0 Å². The highest BCUT2D eigenvalue weighted by molar-refractivity contribution is 9.10. The van der Waals surface area contributed by atoms with Crippen molar-refractivity contribution in [3.8, 4) is 5.75 Å². The first kappa shape index (κ1) is 15.4. The van der Waals surface area contributed by atoms with Crippen LogP contribution in [0.4, 0.5) is 0 Å². The smallest absolute Gasteiger partial charge is 0.125 e. The normalized spacial score (nSPS) is 19.2. The average molecular weight is 352 g/mol. The Balaban J connectivity index is 1.78. The van der Waals surface area contributed by atoms with Gasteiger partial charge in [-0.05, 0) is 60.4 Å². The number of ether oxygens (including phenoxy) is 1. The van der Waals surface area contributed by atoms with E-state index in [2.05, 4.69) is 54.2 Å². The summed E-state index contributed by atoms with van der Waals surface area (Å²) in [6, 6.07) is 5.24. The molecule has 1 atom stereocenters. The minimum Gasteiger partial charge on any atom is -0.493 e. The van der Waals surface area contributed by atoms with Crippen LogP contribution in [-0.2, 0) is 12.8 Å². The van der Waals surface area contributed by atoms with E-state index in [1.165, 1.54) is 28.4 Å². The molecule has 1 fully saturated rings. The first-order chi connectivity index (χ1) is 9.93. The molecule has 3 rings (SSSR count). The minimum absolute atomic E-state index is 0.301. The molecule has 1 aliphatic heterocycles. The van der Waals surface area contributed by atoms with Crippen molar-refractivity contribution >= 4 is 15.9 Å². The van der Waals surface area contributed by atoms with Gasteiger partial charge < -0.3 is 10.1 Å². The highest BCUT2D eigenvalue weighted by atomic mass is 79.9. The van der Waals surface area contributed by atoms with Gasteiger partial charge in [0.05, 0.1) is 6.61 Å². The Bertz CT molecular complexity index is 517. The number of halogens is 1. The van der Waals surface area contributed by atoms with Gasteiger partial charge in [0.25, 0.3) is 0 Å². The summed E-state index contributed by atoms with van der Waals surface area (Å²) in [5.41, 5.74) is 3.03. The van der Waals surface area contributed by atoms with E-state index in [4.69, 9.17) is 4.74 Å². The van der Waals surface area contributed by atoms with Crippen molar-refractivity contribution < 1.29 is 4.74 Å². The Morgan fingerprint density at radius 2 is 2.10 bits per heavy atom. The van der Waals surface area contributed by atoms with E-state index in [0.717, 1.165) is 37.8 Å². The predicted molar refractivity (Wildman–Crippen MR) is 91.0 cm³/mol. The molecule has 1 N–H and O–H groups in total. The topological polar surface area (TPSA) is 21.3 Å². The first-order valence-electron chi connectivity index (χ1n) is 8.11. The maximum Gasteiger partial charge on any atom is 0.125 e. The van der Waals surface area contributed by atoms with Crippen LogP contribution >= 0.6 is 15.9 Å². The maximum absolute atomic E-state index is 5.89. The summed E-state index contributed by atoms with van der Waals surface area (Å²) in [5.74, 6) is 1.78. The highest BCUT2D eigenvalue weighted by Gasteiger charge is 2.30. The summed E-state index contributed by atoms with van der Waals surface area (Å²) in [4.78, 5) is 0. The number of rotatable bonds is 5. The average Bonchev–Trinajstić information content (AvgIpc) is 3.09. The van der Waals surface area contributed by atoms with Gasteiger partial charge in [-0.15, -0.1) is 0 Å². The van der Waals surface area contributed by atoms with Gasteiger partial charge in [-0.2, -0.15) is 0 Å². The summed E-state index contributed by atoms with van der Waals surface area (Å²) in [6.07, 6.45) is 4.84. The van der Waals surface area contributed by atoms with Crippen molar-refractivity contribution in [3.05, 3.63) is 27.7 Å². The molecule has 1 heterocycles. The van der Waals surface area contributed by atoms with Crippen molar-refractivity contribution in [2.45, 2.75) is 52.5 Å². The molecular weight excluding hydrogens is 326 g/mol. The molecular formula is C18H26BrNO. The third-order valence-electron chi connectivity index (χ3n) is 4.75. The third kappa shape index (κ3) is 3.81. The number of nitrogens with one attached hydrogen (secondary N) is 1. The van der Waals surface area contributed by atoms with Crippen molar-refractivity contribution in [1.82, 2.24) is 5.32 Å². The summed E-state index contributed by atoms with van der Waals surface area (Å²) >= 11 is 3.66. The molecule has 0 amide bonds. The van der Waals surface area contributed by atoms with Gasteiger partial charge in [0.15, 0.2) is 0 Å². The Morgan fingerprint density at radius 3 is 2.76 bits per heavy atom. The molecule has 2 nitrogen and oxygen atoms in total. The number of hydrogen-bond acceptors (Lipinski definition) is 2. The summed E-state index contributed by atoms with van der Waals surface area (Å²) in [6.45, 7) is 9.00. The van der Waals surface area contributed by atoms with Crippen LogP contribution in [0.15, 0.2) is 16.6 Å². The second kappa shape index (κ2) is 5.92. The fourth-order valence-electron chi connectivity index (χ4n) is 3.04. The zero-order valence-corrected chi connectivity index (χ0v) is 14.9. The molecule has 1 aromatic rings. The van der Waals surface area contributed by atoms with Gasteiger partial charge in [0.1, 0.15) is 5.75 Å². The molecule has 1 aliphatic carbocycles.